The van der Waals surface area contributed by atoms with Gasteiger partial charge in [0.25, 0.3) is 0 Å². The lowest BCUT2D eigenvalue weighted by Gasteiger charge is -2.41. The fraction of sp³-hybridized carbons (Fsp3) is 0.600. The van der Waals surface area contributed by atoms with E-state index in [1.165, 1.54) is 68.7 Å². The molecule has 0 amide bonds. The zero-order chi connectivity index (χ0) is 20.5. The van der Waals surface area contributed by atoms with Gasteiger partial charge in [-0.25, -0.2) is 4.79 Å². The fourth-order valence-corrected chi connectivity index (χ4v) is 4.28. The number of nitrogens with zero attached hydrogens (tertiary/aromatic N) is 2. The van der Waals surface area contributed by atoms with Crippen molar-refractivity contribution in [1.29, 1.82) is 0 Å². The number of carbonyl (C=O) groups is 2. The summed E-state index contributed by atoms with van der Waals surface area (Å²) in [6.07, 6.45) is 2.68. The monoisotopic (exact) mass is 455 g/mol. The average molecular weight is 456 g/mol. The topological polar surface area (TPSA) is 88.4 Å². The standard InChI is InChI=1S/C18H28BrN3.C2H2O4/c1-2-20-11-13-22(14-12-20)17-7-9-21(10-8-17)15-16-5-3-4-6-18(16)19;3-1(4)2(5)6/h3-6,17H,2,7-15H2,1H3;(H,3,4)(H,5,6). The largest absolute Gasteiger partial charge is 0.539 e. The van der Waals surface area contributed by atoms with E-state index in [1.54, 1.807) is 4.90 Å². The molecule has 2 fully saturated rings. The third kappa shape index (κ3) is 7.16. The number of hydrogen-bond acceptors (Lipinski definition) is 5. The lowest BCUT2D eigenvalue weighted by molar-refractivity contribution is -0.902. The number of quaternary nitrogens is 1. The van der Waals surface area contributed by atoms with E-state index in [-0.39, 0.29) is 0 Å². The van der Waals surface area contributed by atoms with Crippen molar-refractivity contribution in [3.8, 4) is 0 Å². The SMILES string of the molecule is CC[NH+]1CCN(C2CCN(Cc3ccccc3Br)CC2)CC1.O=C([O-])C(=O)O. The number of likely N-dealkylation sites (tertiary alicyclic amines) is 1. The molecule has 0 atom stereocenters. The minimum atomic E-state index is -2.07. The van der Waals surface area contributed by atoms with Crippen LogP contribution in [0, 0.1) is 0 Å². The molecule has 7 nitrogen and oxygen atoms in total. The second-order valence-corrected chi connectivity index (χ2v) is 8.19. The molecule has 28 heavy (non-hydrogen) atoms. The molecule has 3 rings (SSSR count). The molecule has 2 heterocycles. The molecule has 2 aliphatic heterocycles. The molecule has 1 aromatic rings. The van der Waals surface area contributed by atoms with Gasteiger partial charge >= 0.3 is 5.97 Å². The van der Waals surface area contributed by atoms with Crippen LogP contribution < -0.4 is 10.0 Å². The first kappa shape index (κ1) is 22.8. The molecule has 0 spiro atoms. The number of halogens is 1. The van der Waals surface area contributed by atoms with Crippen LogP contribution in [0.2, 0.25) is 0 Å². The first-order chi connectivity index (χ1) is 13.4. The highest BCUT2D eigenvalue weighted by Gasteiger charge is 2.28. The van der Waals surface area contributed by atoms with E-state index in [4.69, 9.17) is 19.8 Å². The number of piperidine rings is 1. The van der Waals surface area contributed by atoms with Gasteiger partial charge in [-0.2, -0.15) is 0 Å². The maximum absolute atomic E-state index is 9.04. The highest BCUT2D eigenvalue weighted by atomic mass is 79.9. The molecule has 0 bridgehead atoms. The normalized spacial score (nSPS) is 19.6. The summed E-state index contributed by atoms with van der Waals surface area (Å²) in [5.41, 5.74) is 1.42. The molecular weight excluding hydrogens is 426 g/mol. The first-order valence-electron chi connectivity index (χ1n) is 9.88. The summed E-state index contributed by atoms with van der Waals surface area (Å²) in [4.78, 5) is 25.2. The number of rotatable bonds is 4. The molecule has 0 unspecified atom stereocenters. The van der Waals surface area contributed by atoms with E-state index in [2.05, 4.69) is 56.9 Å². The molecule has 0 saturated carbocycles. The van der Waals surface area contributed by atoms with Gasteiger partial charge in [-0.05, 0) is 44.5 Å². The highest BCUT2D eigenvalue weighted by molar-refractivity contribution is 9.10. The second-order valence-electron chi connectivity index (χ2n) is 7.33. The summed E-state index contributed by atoms with van der Waals surface area (Å²) >= 11 is 3.67. The van der Waals surface area contributed by atoms with E-state index >= 15 is 0 Å². The molecule has 156 valence electrons. The van der Waals surface area contributed by atoms with Gasteiger partial charge in [0.2, 0.25) is 0 Å². The molecule has 0 radical (unpaired) electrons. The van der Waals surface area contributed by atoms with E-state index in [1.807, 2.05) is 0 Å². The van der Waals surface area contributed by atoms with Gasteiger partial charge in [0.15, 0.2) is 5.97 Å². The van der Waals surface area contributed by atoms with Crippen LogP contribution in [0.3, 0.4) is 0 Å². The van der Waals surface area contributed by atoms with Gasteiger partial charge in [-0.15, -0.1) is 0 Å². The van der Waals surface area contributed by atoms with Gasteiger partial charge in [0, 0.05) is 30.1 Å². The highest BCUT2D eigenvalue weighted by Crippen LogP contribution is 2.22. The lowest BCUT2D eigenvalue weighted by atomic mass is 10.0. The molecule has 0 aromatic heterocycles. The minimum Gasteiger partial charge on any atom is -0.539 e. The second kappa shape index (κ2) is 11.5. The molecule has 0 aliphatic carbocycles. The van der Waals surface area contributed by atoms with Crippen LogP contribution in [-0.4, -0.2) is 78.7 Å². The summed E-state index contributed by atoms with van der Waals surface area (Å²) in [5, 5.41) is 16.3. The Bertz CT molecular complexity index is 630. The predicted octanol–water partition coefficient (Wildman–Crippen LogP) is -0.545. The Labute approximate surface area is 175 Å². The smallest absolute Gasteiger partial charge is 0.351 e. The molecule has 2 aliphatic rings. The van der Waals surface area contributed by atoms with Crippen molar-refractivity contribution in [2.24, 2.45) is 0 Å². The van der Waals surface area contributed by atoms with E-state index in [0.29, 0.717) is 0 Å². The Balaban J connectivity index is 0.000000409. The minimum absolute atomic E-state index is 0.828. The van der Waals surface area contributed by atoms with Crippen LogP contribution in [0.4, 0.5) is 0 Å². The summed E-state index contributed by atoms with van der Waals surface area (Å²) in [6, 6.07) is 9.45. The summed E-state index contributed by atoms with van der Waals surface area (Å²) < 4.78 is 1.25. The first-order valence-corrected chi connectivity index (χ1v) is 10.7. The predicted molar refractivity (Wildman–Crippen MR) is 108 cm³/mol. The number of aliphatic carboxylic acids is 2. The van der Waals surface area contributed by atoms with Crippen LogP contribution >= 0.6 is 15.9 Å². The Hall–Kier alpha value is -1.48. The molecule has 8 heteroatoms. The number of hydrogen-bond donors (Lipinski definition) is 2. The Morgan fingerprint density at radius 2 is 1.75 bits per heavy atom. The van der Waals surface area contributed by atoms with Crippen LogP contribution in [0.15, 0.2) is 28.7 Å². The van der Waals surface area contributed by atoms with Crippen molar-refractivity contribution >= 4 is 27.9 Å². The maximum Gasteiger partial charge on any atom is 0.351 e. The number of carboxylic acid groups (broad SMARTS) is 2. The summed E-state index contributed by atoms with van der Waals surface area (Å²) in [5.74, 6) is -4.01. The Kier molecular flexibility index (Phi) is 9.37. The molecule has 1 aromatic carbocycles. The van der Waals surface area contributed by atoms with Gasteiger partial charge in [-0.1, -0.05) is 34.1 Å². The van der Waals surface area contributed by atoms with Crippen molar-refractivity contribution in [3.05, 3.63) is 34.3 Å². The number of nitrogens with one attached hydrogen (secondary N) is 1. The summed E-state index contributed by atoms with van der Waals surface area (Å²) in [7, 11) is 0. The van der Waals surface area contributed by atoms with Crippen molar-refractivity contribution < 1.29 is 24.7 Å². The van der Waals surface area contributed by atoms with E-state index in [0.717, 1.165) is 12.6 Å². The number of likely N-dealkylation sites (N-methyl/N-ethyl adjacent to an activating group) is 1. The number of benzene rings is 1. The maximum atomic E-state index is 9.04. The number of carbonyl (C=O) groups excluding carboxylic acids is 1. The Morgan fingerprint density at radius 3 is 2.25 bits per heavy atom. The molecule has 2 saturated heterocycles. The van der Waals surface area contributed by atoms with E-state index in [9.17, 15) is 0 Å². The quantitative estimate of drug-likeness (QED) is 0.592. The molecular formula is C20H30BrN3O4. The van der Waals surface area contributed by atoms with Gasteiger partial charge in [-0.3, -0.25) is 9.80 Å². The van der Waals surface area contributed by atoms with E-state index < -0.39 is 11.9 Å². The van der Waals surface area contributed by atoms with Crippen molar-refractivity contribution in [3.63, 3.8) is 0 Å². The average Bonchev–Trinajstić information content (AvgIpc) is 2.71. The zero-order valence-corrected chi connectivity index (χ0v) is 18.0. The van der Waals surface area contributed by atoms with Crippen LogP contribution in [-0.2, 0) is 16.1 Å². The zero-order valence-electron chi connectivity index (χ0n) is 16.4. The number of carboxylic acids is 2. The fourth-order valence-electron chi connectivity index (χ4n) is 3.87. The van der Waals surface area contributed by atoms with Crippen LogP contribution in [0.25, 0.3) is 0 Å². The van der Waals surface area contributed by atoms with Crippen molar-refractivity contribution in [2.75, 3.05) is 45.8 Å². The van der Waals surface area contributed by atoms with Crippen LogP contribution in [0.5, 0.6) is 0 Å². The summed E-state index contributed by atoms with van der Waals surface area (Å²) in [6.45, 7) is 12.5. The lowest BCUT2D eigenvalue weighted by Crippen LogP contribution is -3.14. The van der Waals surface area contributed by atoms with Crippen molar-refractivity contribution in [2.45, 2.75) is 32.4 Å². The Morgan fingerprint density at radius 1 is 1.18 bits per heavy atom. The molecule has 2 N–H and O–H groups in total. The van der Waals surface area contributed by atoms with Gasteiger partial charge in [0.1, 0.15) is 0 Å². The third-order valence-electron chi connectivity index (χ3n) is 5.61. The van der Waals surface area contributed by atoms with Gasteiger partial charge in [0.05, 0.1) is 19.6 Å². The van der Waals surface area contributed by atoms with Gasteiger partial charge < -0.3 is 19.9 Å². The number of piperazine rings is 1. The van der Waals surface area contributed by atoms with Crippen LogP contribution in [0.1, 0.15) is 25.3 Å². The van der Waals surface area contributed by atoms with Crippen molar-refractivity contribution in [1.82, 2.24) is 9.80 Å². The third-order valence-corrected chi connectivity index (χ3v) is 6.38.